The molecular weight excluding hydrogens is 250 g/mol. The van der Waals surface area contributed by atoms with E-state index in [0.29, 0.717) is 0 Å². The van der Waals surface area contributed by atoms with Crippen LogP contribution in [0.2, 0.25) is 0 Å². The fourth-order valence-corrected chi connectivity index (χ4v) is 1.24. The molecule has 0 radical (unpaired) electrons. The molecule has 0 saturated carbocycles. The predicted octanol–water partition coefficient (Wildman–Crippen LogP) is 1.45. The molecule has 0 unspecified atom stereocenters. The molecule has 1 aromatic carbocycles. The lowest BCUT2D eigenvalue weighted by Gasteiger charge is -2.13. The summed E-state index contributed by atoms with van der Waals surface area (Å²) in [5.41, 5.74) is 0.868. The van der Waals surface area contributed by atoms with Gasteiger partial charge in [0.15, 0.2) is 6.79 Å². The van der Waals surface area contributed by atoms with Crippen LogP contribution in [0.1, 0.15) is 12.5 Å². The van der Waals surface area contributed by atoms with Crippen molar-refractivity contribution in [3.8, 4) is 0 Å². The van der Waals surface area contributed by atoms with Gasteiger partial charge in [0.1, 0.15) is 12.6 Å². The average molecular weight is 267 g/mol. The molecule has 1 aromatic rings. The maximum absolute atomic E-state index is 11.4. The summed E-state index contributed by atoms with van der Waals surface area (Å²) in [5, 5.41) is 2.37. The Labute approximate surface area is 111 Å². The Bertz CT molecular complexity index is 407. The molecule has 0 aliphatic heterocycles. The molecule has 0 aliphatic carbocycles. The molecule has 6 nitrogen and oxygen atoms in total. The van der Waals surface area contributed by atoms with E-state index in [4.69, 9.17) is 4.74 Å². The summed E-state index contributed by atoms with van der Waals surface area (Å²) in [6.07, 6.45) is -0.675. The van der Waals surface area contributed by atoms with E-state index in [1.54, 1.807) is 0 Å². The minimum Gasteiger partial charge on any atom is -0.445 e. The number of hydrogen-bond donors (Lipinski definition) is 1. The molecule has 1 rings (SSSR count). The molecule has 0 spiro atoms. The highest BCUT2D eigenvalue weighted by Gasteiger charge is 2.17. The van der Waals surface area contributed by atoms with E-state index in [9.17, 15) is 9.59 Å². The quantitative estimate of drug-likeness (QED) is 0.623. The second-order valence-corrected chi connectivity index (χ2v) is 3.80. The Kier molecular flexibility index (Phi) is 6.38. The van der Waals surface area contributed by atoms with Crippen LogP contribution in [-0.4, -0.2) is 32.0 Å². The van der Waals surface area contributed by atoms with E-state index >= 15 is 0 Å². The van der Waals surface area contributed by atoms with Crippen LogP contribution in [0.5, 0.6) is 0 Å². The number of nitrogens with one attached hydrogen (secondary N) is 1. The summed E-state index contributed by atoms with van der Waals surface area (Å²) in [5.74, 6) is -0.585. The second kappa shape index (κ2) is 8.10. The molecule has 1 atom stereocenters. The maximum Gasteiger partial charge on any atom is 0.408 e. The second-order valence-electron chi connectivity index (χ2n) is 3.80. The van der Waals surface area contributed by atoms with Crippen molar-refractivity contribution in [1.29, 1.82) is 0 Å². The fraction of sp³-hybridized carbons (Fsp3) is 0.385. The molecule has 0 aromatic heterocycles. The number of alkyl carbamates (subject to hydrolysis) is 1. The minimum absolute atomic E-state index is 0.145. The van der Waals surface area contributed by atoms with E-state index < -0.39 is 18.1 Å². The minimum atomic E-state index is -0.793. The van der Waals surface area contributed by atoms with Crippen LogP contribution in [0.25, 0.3) is 0 Å². The van der Waals surface area contributed by atoms with Crippen LogP contribution in [0.3, 0.4) is 0 Å². The van der Waals surface area contributed by atoms with E-state index in [2.05, 4.69) is 14.8 Å². The first-order valence-corrected chi connectivity index (χ1v) is 5.76. The van der Waals surface area contributed by atoms with Gasteiger partial charge in [0.2, 0.25) is 0 Å². The smallest absolute Gasteiger partial charge is 0.408 e. The Morgan fingerprint density at radius 3 is 2.53 bits per heavy atom. The van der Waals surface area contributed by atoms with Gasteiger partial charge in [-0.05, 0) is 12.5 Å². The number of ether oxygens (including phenoxy) is 3. The SMILES string of the molecule is COCOC(=O)[C@H](C)NC(=O)OCc1ccccc1. The summed E-state index contributed by atoms with van der Waals surface area (Å²) in [6, 6.07) is 8.45. The Balaban J connectivity index is 2.29. The third kappa shape index (κ3) is 5.87. The first kappa shape index (κ1) is 15.0. The van der Waals surface area contributed by atoms with Crippen LogP contribution >= 0.6 is 0 Å². The third-order valence-electron chi connectivity index (χ3n) is 2.22. The highest BCUT2D eigenvalue weighted by molar-refractivity contribution is 5.80. The zero-order valence-electron chi connectivity index (χ0n) is 10.9. The van der Waals surface area contributed by atoms with E-state index in [-0.39, 0.29) is 13.4 Å². The van der Waals surface area contributed by atoms with Gasteiger partial charge in [-0.15, -0.1) is 0 Å². The number of carbonyl (C=O) groups is 2. The van der Waals surface area contributed by atoms with Crippen molar-refractivity contribution in [1.82, 2.24) is 5.32 Å². The molecule has 0 heterocycles. The molecular formula is C13H17NO5. The van der Waals surface area contributed by atoms with Crippen molar-refractivity contribution in [2.24, 2.45) is 0 Å². The first-order valence-electron chi connectivity index (χ1n) is 5.76. The largest absolute Gasteiger partial charge is 0.445 e. The fourth-order valence-electron chi connectivity index (χ4n) is 1.24. The maximum atomic E-state index is 11.4. The van der Waals surface area contributed by atoms with Crippen molar-refractivity contribution in [3.05, 3.63) is 35.9 Å². The van der Waals surface area contributed by atoms with E-state index in [0.717, 1.165) is 5.56 Å². The average Bonchev–Trinajstić information content (AvgIpc) is 2.43. The lowest BCUT2D eigenvalue weighted by atomic mass is 10.2. The highest BCUT2D eigenvalue weighted by atomic mass is 16.7. The van der Waals surface area contributed by atoms with Crippen LogP contribution in [0.15, 0.2) is 30.3 Å². The van der Waals surface area contributed by atoms with Gasteiger partial charge < -0.3 is 19.5 Å². The van der Waals surface area contributed by atoms with Crippen LogP contribution in [-0.2, 0) is 25.6 Å². The third-order valence-corrected chi connectivity index (χ3v) is 2.22. The predicted molar refractivity (Wildman–Crippen MR) is 67.2 cm³/mol. The lowest BCUT2D eigenvalue weighted by Crippen LogP contribution is -2.40. The summed E-state index contributed by atoms with van der Waals surface area (Å²) >= 11 is 0. The van der Waals surface area contributed by atoms with E-state index in [1.807, 2.05) is 30.3 Å². The van der Waals surface area contributed by atoms with Gasteiger partial charge in [0.25, 0.3) is 0 Å². The molecule has 104 valence electrons. The van der Waals surface area contributed by atoms with Crippen LogP contribution < -0.4 is 5.32 Å². The van der Waals surface area contributed by atoms with Crippen molar-refractivity contribution in [2.75, 3.05) is 13.9 Å². The molecule has 0 fully saturated rings. The number of benzene rings is 1. The van der Waals surface area contributed by atoms with Gasteiger partial charge in [-0.25, -0.2) is 9.59 Å². The Morgan fingerprint density at radius 2 is 1.89 bits per heavy atom. The first-order chi connectivity index (χ1) is 9.13. The molecule has 1 N–H and O–H groups in total. The topological polar surface area (TPSA) is 73.9 Å². The number of methoxy groups -OCH3 is 1. The van der Waals surface area contributed by atoms with Gasteiger partial charge in [0, 0.05) is 7.11 Å². The number of esters is 1. The van der Waals surface area contributed by atoms with Crippen LogP contribution in [0, 0.1) is 0 Å². The lowest BCUT2D eigenvalue weighted by molar-refractivity contribution is -0.156. The van der Waals surface area contributed by atoms with Gasteiger partial charge in [0.05, 0.1) is 0 Å². The summed E-state index contributed by atoms with van der Waals surface area (Å²) in [6.45, 7) is 1.50. The van der Waals surface area contributed by atoms with Crippen molar-refractivity contribution < 1.29 is 23.8 Å². The molecule has 0 aliphatic rings. The van der Waals surface area contributed by atoms with Crippen molar-refractivity contribution >= 4 is 12.1 Å². The highest BCUT2D eigenvalue weighted by Crippen LogP contribution is 2.00. The molecule has 1 amide bonds. The summed E-state index contributed by atoms with van der Waals surface area (Å²) < 4.78 is 14.2. The normalized spacial score (nSPS) is 11.5. The molecule has 0 saturated heterocycles. The molecule has 0 bridgehead atoms. The molecule has 19 heavy (non-hydrogen) atoms. The van der Waals surface area contributed by atoms with Crippen molar-refractivity contribution in [2.45, 2.75) is 19.6 Å². The zero-order chi connectivity index (χ0) is 14.1. The number of carbonyl (C=O) groups excluding carboxylic acids is 2. The Morgan fingerprint density at radius 1 is 1.21 bits per heavy atom. The van der Waals surface area contributed by atoms with Gasteiger partial charge in [-0.1, -0.05) is 30.3 Å². The summed E-state index contributed by atoms with van der Waals surface area (Å²) in [7, 11) is 1.40. The van der Waals surface area contributed by atoms with Crippen LogP contribution in [0.4, 0.5) is 4.79 Å². The van der Waals surface area contributed by atoms with Gasteiger partial charge >= 0.3 is 12.1 Å². The zero-order valence-corrected chi connectivity index (χ0v) is 10.9. The van der Waals surface area contributed by atoms with Gasteiger partial charge in [-0.2, -0.15) is 0 Å². The standard InChI is InChI=1S/C13H17NO5/c1-10(12(15)19-9-17-2)14-13(16)18-8-11-6-4-3-5-7-11/h3-7,10H,8-9H2,1-2H3,(H,14,16)/t10-/m0/s1. The number of hydrogen-bond acceptors (Lipinski definition) is 5. The molecule has 6 heteroatoms. The monoisotopic (exact) mass is 267 g/mol. The van der Waals surface area contributed by atoms with E-state index in [1.165, 1.54) is 14.0 Å². The number of amides is 1. The van der Waals surface area contributed by atoms with Gasteiger partial charge in [-0.3, -0.25) is 0 Å². The van der Waals surface area contributed by atoms with Crippen molar-refractivity contribution in [3.63, 3.8) is 0 Å². The Hall–Kier alpha value is -2.08. The number of rotatable bonds is 6. The summed E-state index contributed by atoms with van der Waals surface area (Å²) in [4.78, 5) is 22.8.